The van der Waals surface area contributed by atoms with E-state index in [-0.39, 0.29) is 10.8 Å². The Hall–Kier alpha value is -2.86. The summed E-state index contributed by atoms with van der Waals surface area (Å²) in [6.07, 6.45) is 0. The first-order chi connectivity index (χ1) is 12.7. The van der Waals surface area contributed by atoms with E-state index in [2.05, 4.69) is 10.0 Å². The van der Waals surface area contributed by atoms with Gasteiger partial charge in [-0.3, -0.25) is 9.52 Å². The van der Waals surface area contributed by atoms with Crippen molar-refractivity contribution in [2.24, 2.45) is 5.41 Å². The van der Waals surface area contributed by atoms with Gasteiger partial charge in [0.2, 0.25) is 5.91 Å². The molecule has 0 spiro atoms. The topological polar surface area (TPSA) is 75.3 Å². The molecule has 27 heavy (non-hydrogen) atoms. The molecule has 3 rings (SSSR count). The fourth-order valence-electron chi connectivity index (χ4n) is 2.58. The predicted molar refractivity (Wildman–Crippen MR) is 109 cm³/mol. The monoisotopic (exact) mass is 382 g/mol. The first kappa shape index (κ1) is 18.9. The summed E-state index contributed by atoms with van der Waals surface area (Å²) in [7, 11) is -3.74. The fourth-order valence-corrected chi connectivity index (χ4v) is 3.87. The number of amides is 1. The molecule has 0 saturated heterocycles. The molecule has 2 N–H and O–H groups in total. The summed E-state index contributed by atoms with van der Waals surface area (Å²) in [5.41, 5.74) is 0.536. The van der Waals surface area contributed by atoms with Crippen molar-refractivity contribution < 1.29 is 13.2 Å². The number of carbonyl (C=O) groups is 1. The number of benzene rings is 3. The second-order valence-electron chi connectivity index (χ2n) is 7.36. The molecule has 140 valence electrons. The smallest absolute Gasteiger partial charge is 0.262 e. The van der Waals surface area contributed by atoms with Crippen molar-refractivity contribution >= 4 is 38.1 Å². The molecule has 6 heteroatoms. The number of hydrogen-bond acceptors (Lipinski definition) is 3. The predicted octanol–water partition coefficient (Wildman–Crippen LogP) is 4.63. The molecule has 1 amide bonds. The molecule has 0 aliphatic carbocycles. The minimum atomic E-state index is -3.74. The standard InChI is InChI=1S/C21H22N2O3S/c1-21(2,3)20(24)22-16-11-13-17(14-12-16)23-27(25,26)19-10-6-8-15-7-4-5-9-18(15)19/h4-14,23H,1-3H3,(H,22,24). The number of anilines is 2. The summed E-state index contributed by atoms with van der Waals surface area (Å²) >= 11 is 0. The van der Waals surface area contributed by atoms with E-state index in [9.17, 15) is 13.2 Å². The number of hydrogen-bond donors (Lipinski definition) is 2. The van der Waals surface area contributed by atoms with Gasteiger partial charge in [0, 0.05) is 22.2 Å². The van der Waals surface area contributed by atoms with Gasteiger partial charge in [-0.1, -0.05) is 57.2 Å². The Morgan fingerprint density at radius 1 is 0.815 bits per heavy atom. The van der Waals surface area contributed by atoms with Gasteiger partial charge in [-0.15, -0.1) is 0 Å². The number of sulfonamides is 1. The van der Waals surface area contributed by atoms with Crippen LogP contribution in [0.3, 0.4) is 0 Å². The number of nitrogens with one attached hydrogen (secondary N) is 2. The van der Waals surface area contributed by atoms with Gasteiger partial charge < -0.3 is 5.32 Å². The van der Waals surface area contributed by atoms with E-state index in [1.165, 1.54) is 0 Å². The van der Waals surface area contributed by atoms with Crippen LogP contribution in [0, 0.1) is 5.41 Å². The zero-order valence-electron chi connectivity index (χ0n) is 15.5. The van der Waals surface area contributed by atoms with E-state index in [1.807, 2.05) is 45.0 Å². The highest BCUT2D eigenvalue weighted by atomic mass is 32.2. The molecule has 3 aromatic rings. The van der Waals surface area contributed by atoms with Gasteiger partial charge in [0.1, 0.15) is 0 Å². The molecule has 0 aliphatic rings. The first-order valence-corrected chi connectivity index (χ1v) is 10.1. The molecule has 0 aliphatic heterocycles. The third kappa shape index (κ3) is 4.28. The minimum absolute atomic E-state index is 0.105. The lowest BCUT2D eigenvalue weighted by Crippen LogP contribution is -2.27. The molecule has 0 atom stereocenters. The average molecular weight is 382 g/mol. The summed E-state index contributed by atoms with van der Waals surface area (Å²) in [6, 6.07) is 19.1. The van der Waals surface area contributed by atoms with Gasteiger partial charge in [-0.25, -0.2) is 8.42 Å². The lowest BCUT2D eigenvalue weighted by atomic mass is 9.95. The van der Waals surface area contributed by atoms with Crippen molar-refractivity contribution in [3.05, 3.63) is 66.7 Å². The Bertz CT molecular complexity index is 1080. The molecule has 3 aromatic carbocycles. The molecule has 5 nitrogen and oxygen atoms in total. The van der Waals surface area contributed by atoms with Crippen LogP contribution in [-0.2, 0) is 14.8 Å². The van der Waals surface area contributed by atoms with Crippen LogP contribution < -0.4 is 10.0 Å². The Morgan fingerprint density at radius 3 is 2.07 bits per heavy atom. The van der Waals surface area contributed by atoms with Gasteiger partial charge in [0.25, 0.3) is 10.0 Å². The number of carbonyl (C=O) groups excluding carboxylic acids is 1. The van der Waals surface area contributed by atoms with E-state index in [1.54, 1.807) is 42.5 Å². The van der Waals surface area contributed by atoms with E-state index >= 15 is 0 Å². The van der Waals surface area contributed by atoms with Crippen LogP contribution >= 0.6 is 0 Å². The van der Waals surface area contributed by atoms with Crippen molar-refractivity contribution in [1.82, 2.24) is 0 Å². The summed E-state index contributed by atoms with van der Waals surface area (Å²) in [5, 5.41) is 4.34. The van der Waals surface area contributed by atoms with Gasteiger partial charge in [-0.2, -0.15) is 0 Å². The summed E-state index contributed by atoms with van der Waals surface area (Å²) in [4.78, 5) is 12.3. The SMILES string of the molecule is CC(C)(C)C(=O)Nc1ccc(NS(=O)(=O)c2cccc3ccccc23)cc1. The molecule has 0 radical (unpaired) electrons. The third-order valence-electron chi connectivity index (χ3n) is 4.12. The lowest BCUT2D eigenvalue weighted by Gasteiger charge is -2.18. The van der Waals surface area contributed by atoms with E-state index < -0.39 is 15.4 Å². The zero-order valence-corrected chi connectivity index (χ0v) is 16.3. The van der Waals surface area contributed by atoms with Crippen LogP contribution in [0.1, 0.15) is 20.8 Å². The molecule has 0 fully saturated rings. The summed E-state index contributed by atoms with van der Waals surface area (Å²) in [5.74, 6) is -0.105. The Morgan fingerprint density at radius 2 is 1.41 bits per heavy atom. The molecule has 0 unspecified atom stereocenters. The van der Waals surface area contributed by atoms with Crippen molar-refractivity contribution in [1.29, 1.82) is 0 Å². The molecular formula is C21H22N2O3S. The maximum absolute atomic E-state index is 12.8. The normalized spacial score (nSPS) is 12.0. The number of rotatable bonds is 4. The fraction of sp³-hybridized carbons (Fsp3) is 0.190. The zero-order chi connectivity index (χ0) is 19.7. The second-order valence-corrected chi connectivity index (χ2v) is 9.02. The summed E-state index contributed by atoms with van der Waals surface area (Å²) in [6.45, 7) is 5.49. The van der Waals surface area contributed by atoms with E-state index in [0.717, 1.165) is 5.39 Å². The Kier molecular flexibility index (Phi) is 4.93. The maximum atomic E-state index is 12.8. The average Bonchev–Trinajstić information content (AvgIpc) is 2.62. The Labute approximate surface area is 159 Å². The number of fused-ring (bicyclic) bond motifs is 1. The molecule has 0 heterocycles. The van der Waals surface area contributed by atoms with Crippen molar-refractivity contribution in [2.75, 3.05) is 10.0 Å². The molecule has 0 saturated carbocycles. The largest absolute Gasteiger partial charge is 0.326 e. The van der Waals surface area contributed by atoms with Crippen LogP contribution in [0.5, 0.6) is 0 Å². The second kappa shape index (κ2) is 7.04. The molecular weight excluding hydrogens is 360 g/mol. The minimum Gasteiger partial charge on any atom is -0.326 e. The van der Waals surface area contributed by atoms with Crippen molar-refractivity contribution in [3.63, 3.8) is 0 Å². The quantitative estimate of drug-likeness (QED) is 0.691. The summed E-state index contributed by atoms with van der Waals surface area (Å²) < 4.78 is 28.3. The van der Waals surface area contributed by atoms with Gasteiger partial charge in [-0.05, 0) is 35.7 Å². The van der Waals surface area contributed by atoms with Crippen molar-refractivity contribution in [2.45, 2.75) is 25.7 Å². The van der Waals surface area contributed by atoms with Gasteiger partial charge in [0.05, 0.1) is 4.90 Å². The first-order valence-electron chi connectivity index (χ1n) is 8.59. The highest BCUT2D eigenvalue weighted by Crippen LogP contribution is 2.25. The van der Waals surface area contributed by atoms with E-state index in [4.69, 9.17) is 0 Å². The van der Waals surface area contributed by atoms with Crippen LogP contribution in [0.15, 0.2) is 71.6 Å². The van der Waals surface area contributed by atoms with Gasteiger partial charge in [0.15, 0.2) is 0 Å². The molecule has 0 aromatic heterocycles. The highest BCUT2D eigenvalue weighted by molar-refractivity contribution is 7.93. The van der Waals surface area contributed by atoms with Crippen LogP contribution in [0.25, 0.3) is 10.8 Å². The molecule has 0 bridgehead atoms. The van der Waals surface area contributed by atoms with Gasteiger partial charge >= 0.3 is 0 Å². The van der Waals surface area contributed by atoms with Crippen LogP contribution in [-0.4, -0.2) is 14.3 Å². The highest BCUT2D eigenvalue weighted by Gasteiger charge is 2.21. The van der Waals surface area contributed by atoms with Crippen molar-refractivity contribution in [3.8, 4) is 0 Å². The maximum Gasteiger partial charge on any atom is 0.262 e. The van der Waals surface area contributed by atoms with E-state index in [0.29, 0.717) is 16.8 Å². The third-order valence-corrected chi connectivity index (χ3v) is 5.55. The van der Waals surface area contributed by atoms with Crippen LogP contribution in [0.2, 0.25) is 0 Å². The van der Waals surface area contributed by atoms with Crippen LogP contribution in [0.4, 0.5) is 11.4 Å². The Balaban J connectivity index is 1.83. The lowest BCUT2D eigenvalue weighted by molar-refractivity contribution is -0.123.